The molecule has 1 aliphatic rings. The second kappa shape index (κ2) is 5.35. The third kappa shape index (κ3) is 2.70. The minimum atomic E-state index is 0.138. The highest BCUT2D eigenvalue weighted by Crippen LogP contribution is 2.19. The molecule has 6 heteroatoms. The molecule has 0 spiro atoms. The topological polar surface area (TPSA) is 62.5 Å². The molecular weight excluding hydrogens is 266 g/mol. The van der Waals surface area contributed by atoms with Gasteiger partial charge in [0.2, 0.25) is 5.91 Å². The third-order valence-electron chi connectivity index (χ3n) is 3.74. The normalized spacial score (nSPS) is 18.7. The lowest BCUT2D eigenvalue weighted by molar-refractivity contribution is -0.127. The second-order valence-corrected chi connectivity index (χ2v) is 5.72. The number of rotatable bonds is 4. The van der Waals surface area contributed by atoms with Crippen molar-refractivity contribution in [2.45, 2.75) is 39.7 Å². The molecule has 1 fully saturated rings. The Morgan fingerprint density at radius 2 is 2.14 bits per heavy atom. The summed E-state index contributed by atoms with van der Waals surface area (Å²) in [6.07, 6.45) is 1.54. The highest BCUT2D eigenvalue weighted by molar-refractivity contribution is 5.80. The van der Waals surface area contributed by atoms with Gasteiger partial charge >= 0.3 is 0 Å². The number of amides is 1. The van der Waals surface area contributed by atoms with E-state index in [0.717, 1.165) is 42.4 Å². The molecule has 3 rings (SSSR count). The number of anilines is 1. The van der Waals surface area contributed by atoms with Crippen LogP contribution in [-0.2, 0) is 4.79 Å². The number of carbonyl (C=O) groups is 1. The molecule has 112 valence electrons. The van der Waals surface area contributed by atoms with E-state index in [1.807, 2.05) is 35.4 Å². The van der Waals surface area contributed by atoms with Gasteiger partial charge in [-0.1, -0.05) is 6.92 Å². The van der Waals surface area contributed by atoms with Gasteiger partial charge in [-0.15, -0.1) is 0 Å². The van der Waals surface area contributed by atoms with Gasteiger partial charge in [0.1, 0.15) is 5.82 Å². The van der Waals surface area contributed by atoms with E-state index in [2.05, 4.69) is 22.3 Å². The molecule has 1 aliphatic heterocycles. The van der Waals surface area contributed by atoms with Crippen LogP contribution in [0.4, 0.5) is 5.82 Å². The first-order chi connectivity index (χ1) is 10.1. The van der Waals surface area contributed by atoms with Crippen LogP contribution in [0.2, 0.25) is 0 Å². The van der Waals surface area contributed by atoms with Crippen LogP contribution < -0.4 is 5.32 Å². The van der Waals surface area contributed by atoms with E-state index in [-0.39, 0.29) is 11.9 Å². The Morgan fingerprint density at radius 3 is 2.90 bits per heavy atom. The lowest BCUT2D eigenvalue weighted by Gasteiger charge is -2.17. The summed E-state index contributed by atoms with van der Waals surface area (Å²) in [6.45, 7) is 7.61. The summed E-state index contributed by atoms with van der Waals surface area (Å²) in [5.41, 5.74) is 2.72. The maximum atomic E-state index is 12.0. The van der Waals surface area contributed by atoms with Gasteiger partial charge in [0.15, 0.2) is 5.65 Å². The molecule has 0 aliphatic carbocycles. The van der Waals surface area contributed by atoms with Crippen LogP contribution in [0.15, 0.2) is 12.1 Å². The van der Waals surface area contributed by atoms with Gasteiger partial charge in [0, 0.05) is 37.3 Å². The first-order valence-electron chi connectivity index (χ1n) is 7.45. The monoisotopic (exact) mass is 287 g/mol. The smallest absolute Gasteiger partial charge is 0.224 e. The van der Waals surface area contributed by atoms with Crippen LogP contribution in [-0.4, -0.2) is 44.5 Å². The van der Waals surface area contributed by atoms with Crippen LogP contribution >= 0.6 is 0 Å². The summed E-state index contributed by atoms with van der Waals surface area (Å²) in [7, 11) is 0. The maximum Gasteiger partial charge on any atom is 0.224 e. The van der Waals surface area contributed by atoms with E-state index >= 15 is 0 Å². The Kier molecular flexibility index (Phi) is 3.53. The van der Waals surface area contributed by atoms with E-state index < -0.39 is 0 Å². The first kappa shape index (κ1) is 13.9. The van der Waals surface area contributed by atoms with Crippen LogP contribution in [0.1, 0.15) is 31.2 Å². The van der Waals surface area contributed by atoms with E-state index in [4.69, 9.17) is 0 Å². The second-order valence-electron chi connectivity index (χ2n) is 5.72. The average Bonchev–Trinajstić information content (AvgIpc) is 2.93. The van der Waals surface area contributed by atoms with E-state index in [1.165, 1.54) is 0 Å². The minimum absolute atomic E-state index is 0.138. The number of fused-ring (bicyclic) bond motifs is 1. The summed E-state index contributed by atoms with van der Waals surface area (Å²) < 4.78 is 1.81. The predicted octanol–water partition coefficient (Wildman–Crippen LogP) is 1.77. The van der Waals surface area contributed by atoms with Crippen LogP contribution in [0.3, 0.4) is 0 Å². The highest BCUT2D eigenvalue weighted by atomic mass is 16.2. The minimum Gasteiger partial charge on any atom is -0.365 e. The summed E-state index contributed by atoms with van der Waals surface area (Å²) in [4.78, 5) is 18.4. The molecule has 3 heterocycles. The number of carbonyl (C=O) groups excluding carboxylic acids is 1. The van der Waals surface area contributed by atoms with E-state index in [0.29, 0.717) is 6.42 Å². The Bertz CT molecular complexity index is 678. The van der Waals surface area contributed by atoms with Gasteiger partial charge in [-0.25, -0.2) is 4.98 Å². The maximum absolute atomic E-state index is 12.0. The largest absolute Gasteiger partial charge is 0.365 e. The molecule has 1 N–H and O–H groups in total. The van der Waals surface area contributed by atoms with Crippen molar-refractivity contribution >= 4 is 17.4 Å². The van der Waals surface area contributed by atoms with Crippen LogP contribution in [0, 0.1) is 13.8 Å². The van der Waals surface area contributed by atoms with Gasteiger partial charge in [-0.3, -0.25) is 4.79 Å². The molecule has 2 aromatic heterocycles. The molecule has 0 saturated carbocycles. The molecule has 0 bridgehead atoms. The number of likely N-dealkylation sites (tertiary alicyclic amines) is 1. The van der Waals surface area contributed by atoms with Crippen molar-refractivity contribution in [3.05, 3.63) is 23.5 Å². The first-order valence-corrected chi connectivity index (χ1v) is 7.45. The fourth-order valence-electron chi connectivity index (χ4n) is 2.88. The summed E-state index contributed by atoms with van der Waals surface area (Å²) >= 11 is 0. The zero-order chi connectivity index (χ0) is 15.0. The fraction of sp³-hybridized carbons (Fsp3) is 0.533. The zero-order valence-electron chi connectivity index (χ0n) is 12.8. The van der Waals surface area contributed by atoms with Gasteiger partial charge in [0.25, 0.3) is 0 Å². The van der Waals surface area contributed by atoms with Gasteiger partial charge in [-0.05, 0) is 20.3 Å². The van der Waals surface area contributed by atoms with Crippen molar-refractivity contribution in [2.75, 3.05) is 18.4 Å². The lowest BCUT2D eigenvalue weighted by atomic mass is 10.2. The summed E-state index contributed by atoms with van der Waals surface area (Å²) in [5, 5.41) is 7.92. The number of aryl methyl sites for hydroxylation is 2. The molecule has 0 radical (unpaired) electrons. The van der Waals surface area contributed by atoms with Gasteiger partial charge < -0.3 is 10.2 Å². The summed E-state index contributed by atoms with van der Waals surface area (Å²) in [5.74, 6) is 1.13. The SMILES string of the molecule is CCCN1C[C@@H](Nc2cc(C)nc3cc(C)nn23)CC1=O. The molecule has 21 heavy (non-hydrogen) atoms. The van der Waals surface area contributed by atoms with E-state index in [9.17, 15) is 4.79 Å². The third-order valence-corrected chi connectivity index (χ3v) is 3.74. The molecule has 1 saturated heterocycles. The van der Waals surface area contributed by atoms with Crippen molar-refractivity contribution in [3.63, 3.8) is 0 Å². The molecule has 2 aromatic rings. The van der Waals surface area contributed by atoms with Gasteiger partial charge in [-0.2, -0.15) is 9.61 Å². The average molecular weight is 287 g/mol. The Hall–Kier alpha value is -2.11. The van der Waals surface area contributed by atoms with Crippen LogP contribution in [0.25, 0.3) is 5.65 Å². The number of nitrogens with one attached hydrogen (secondary N) is 1. The van der Waals surface area contributed by atoms with Crippen molar-refractivity contribution in [1.82, 2.24) is 19.5 Å². The Morgan fingerprint density at radius 1 is 1.33 bits per heavy atom. The zero-order valence-corrected chi connectivity index (χ0v) is 12.8. The molecule has 1 amide bonds. The molecule has 6 nitrogen and oxygen atoms in total. The number of hydrogen-bond acceptors (Lipinski definition) is 4. The quantitative estimate of drug-likeness (QED) is 0.931. The lowest BCUT2D eigenvalue weighted by Crippen LogP contribution is -2.29. The van der Waals surface area contributed by atoms with Crippen molar-refractivity contribution < 1.29 is 4.79 Å². The van der Waals surface area contributed by atoms with E-state index in [1.54, 1.807) is 0 Å². The number of nitrogens with zero attached hydrogens (tertiary/aromatic N) is 4. The number of hydrogen-bond donors (Lipinski definition) is 1. The predicted molar refractivity (Wildman–Crippen MR) is 81.4 cm³/mol. The molecule has 0 unspecified atom stereocenters. The standard InChI is InChI=1S/C15H21N5O/c1-4-5-19-9-12(8-15(19)21)17-14-6-10(2)16-13-7-11(3)18-20(13)14/h6-7,12,17H,4-5,8-9H2,1-3H3/t12-/m0/s1. The molecule has 0 aromatic carbocycles. The van der Waals surface area contributed by atoms with Crippen molar-refractivity contribution in [2.24, 2.45) is 0 Å². The molecular formula is C15H21N5O. The Balaban J connectivity index is 1.84. The number of aromatic nitrogens is 3. The summed E-state index contributed by atoms with van der Waals surface area (Å²) in [6, 6.07) is 4.08. The van der Waals surface area contributed by atoms with Crippen molar-refractivity contribution in [1.29, 1.82) is 0 Å². The van der Waals surface area contributed by atoms with Crippen molar-refractivity contribution in [3.8, 4) is 0 Å². The Labute approximate surface area is 124 Å². The van der Waals surface area contributed by atoms with Gasteiger partial charge in [0.05, 0.1) is 11.7 Å². The molecule has 1 atom stereocenters. The highest BCUT2D eigenvalue weighted by Gasteiger charge is 2.29. The van der Waals surface area contributed by atoms with Crippen LogP contribution in [0.5, 0.6) is 0 Å². The fourth-order valence-corrected chi connectivity index (χ4v) is 2.88.